The van der Waals surface area contributed by atoms with Gasteiger partial charge in [-0.05, 0) is 48.5 Å². The highest BCUT2D eigenvalue weighted by Gasteiger charge is 2.19. The number of aromatic nitrogens is 2. The predicted molar refractivity (Wildman–Crippen MR) is 118 cm³/mol. The second kappa shape index (κ2) is 8.12. The molecule has 0 spiro atoms. The molecule has 6 nitrogen and oxygen atoms in total. The van der Waals surface area contributed by atoms with Crippen LogP contribution in [0.5, 0.6) is 0 Å². The van der Waals surface area contributed by atoms with E-state index in [2.05, 4.69) is 20.0 Å². The van der Waals surface area contributed by atoms with Gasteiger partial charge in [0.15, 0.2) is 11.6 Å². The molecule has 0 fully saturated rings. The molecule has 4 rings (SSSR count). The first kappa shape index (κ1) is 19.8. The first-order valence-corrected chi connectivity index (χ1v) is 10.6. The molecule has 0 unspecified atom stereocenters. The maximum atomic E-state index is 13.2. The van der Waals surface area contributed by atoms with Crippen molar-refractivity contribution in [2.75, 3.05) is 10.0 Å². The number of rotatable bonds is 6. The van der Waals surface area contributed by atoms with Gasteiger partial charge in [0.05, 0.1) is 15.9 Å². The van der Waals surface area contributed by atoms with Gasteiger partial charge < -0.3 is 5.32 Å². The molecule has 1 heterocycles. The molecule has 4 aromatic rings. The van der Waals surface area contributed by atoms with E-state index in [0.29, 0.717) is 16.7 Å². The minimum absolute atomic E-state index is 0.0455. The molecule has 0 aliphatic carbocycles. The van der Waals surface area contributed by atoms with Gasteiger partial charge in [-0.1, -0.05) is 36.6 Å². The van der Waals surface area contributed by atoms with Crippen molar-refractivity contribution >= 4 is 51.1 Å². The number of hydrogen-bond donors (Lipinski definition) is 2. The van der Waals surface area contributed by atoms with Crippen LogP contribution in [0.15, 0.2) is 77.7 Å². The third kappa shape index (κ3) is 4.26. The van der Waals surface area contributed by atoms with E-state index in [4.69, 9.17) is 0 Å². The van der Waals surface area contributed by atoms with Crippen LogP contribution in [-0.4, -0.2) is 25.7 Å². The molecule has 0 bridgehead atoms. The third-order valence-electron chi connectivity index (χ3n) is 4.43. The lowest BCUT2D eigenvalue weighted by molar-refractivity contribution is 0.601. The van der Waals surface area contributed by atoms with Crippen LogP contribution in [0.3, 0.4) is 0 Å². The van der Waals surface area contributed by atoms with Gasteiger partial charge in [0.2, 0.25) is 0 Å². The summed E-state index contributed by atoms with van der Waals surface area (Å²) in [5.41, 5.74) is 2.59. The Morgan fingerprint density at radius 2 is 1.43 bits per heavy atom. The van der Waals surface area contributed by atoms with E-state index >= 15 is 0 Å². The van der Waals surface area contributed by atoms with E-state index < -0.39 is 10.0 Å². The number of benzene rings is 3. The fraction of sp³-hybridized carbons (Fsp3) is 0.0476. The van der Waals surface area contributed by atoms with Crippen LogP contribution in [0.1, 0.15) is 0 Å². The first-order valence-electron chi connectivity index (χ1n) is 9.16. The van der Waals surface area contributed by atoms with E-state index in [0.717, 1.165) is 5.46 Å². The Kier molecular flexibility index (Phi) is 5.37. The Bertz CT molecular complexity index is 1300. The summed E-state index contributed by atoms with van der Waals surface area (Å²) in [6.07, 6.45) is 0. The van der Waals surface area contributed by atoms with Crippen molar-refractivity contribution in [2.45, 2.75) is 11.7 Å². The summed E-state index contributed by atoms with van der Waals surface area (Å²) in [5, 5.41) is 3.01. The standard InChI is InChI=1S/C21H17BFN4O2S/c1-22-14-6-12-17(13-7-14)30(28,29)27-21-20(24-16-10-8-15(23)9-11-16)25-18-4-2-3-5-19(18)26-21/h2-13H,1H3,(H,24,25)(H,26,27). The normalized spacial score (nSPS) is 11.3. The topological polar surface area (TPSA) is 84.0 Å². The van der Waals surface area contributed by atoms with Gasteiger partial charge in [0, 0.05) is 5.69 Å². The molecule has 1 radical (unpaired) electrons. The molecule has 2 N–H and O–H groups in total. The van der Waals surface area contributed by atoms with Crippen LogP contribution in [0.25, 0.3) is 11.0 Å². The molecule has 0 aliphatic heterocycles. The fourth-order valence-corrected chi connectivity index (χ4v) is 3.86. The number of para-hydroxylation sites is 2. The van der Waals surface area contributed by atoms with E-state index in [1.165, 1.54) is 36.4 Å². The van der Waals surface area contributed by atoms with Gasteiger partial charge in [-0.3, -0.25) is 4.72 Å². The second-order valence-corrected chi connectivity index (χ2v) is 8.19. The molecular formula is C21H17BFN4O2S. The van der Waals surface area contributed by atoms with Crippen molar-refractivity contribution in [3.05, 3.63) is 78.6 Å². The SMILES string of the molecule is C[B]c1ccc(S(=O)(=O)Nc2nc3ccccc3nc2Nc2ccc(F)cc2)cc1. The van der Waals surface area contributed by atoms with Gasteiger partial charge in [0.1, 0.15) is 13.1 Å². The van der Waals surface area contributed by atoms with Crippen molar-refractivity contribution in [1.29, 1.82) is 0 Å². The van der Waals surface area contributed by atoms with Crippen LogP contribution in [0.4, 0.5) is 21.7 Å². The molecule has 0 aliphatic rings. The number of fused-ring (bicyclic) bond motifs is 1. The average Bonchev–Trinajstić information content (AvgIpc) is 2.75. The molecular weight excluding hydrogens is 402 g/mol. The van der Waals surface area contributed by atoms with E-state index in [-0.39, 0.29) is 22.3 Å². The zero-order chi connectivity index (χ0) is 21.1. The summed E-state index contributed by atoms with van der Waals surface area (Å²) in [5.74, 6) is -0.120. The largest absolute Gasteiger partial charge is 0.337 e. The monoisotopic (exact) mass is 419 g/mol. The molecule has 0 saturated heterocycles. The lowest BCUT2D eigenvalue weighted by atomic mass is 9.74. The molecule has 0 amide bonds. The van der Waals surface area contributed by atoms with Crippen LogP contribution >= 0.6 is 0 Å². The molecule has 0 atom stereocenters. The molecule has 1 aromatic heterocycles. The third-order valence-corrected chi connectivity index (χ3v) is 5.79. The van der Waals surface area contributed by atoms with Gasteiger partial charge in [-0.25, -0.2) is 22.8 Å². The van der Waals surface area contributed by atoms with Gasteiger partial charge in [-0.15, -0.1) is 0 Å². The summed E-state index contributed by atoms with van der Waals surface area (Å²) in [7, 11) is -2.02. The van der Waals surface area contributed by atoms with E-state index in [1.54, 1.807) is 30.3 Å². The lowest BCUT2D eigenvalue weighted by Gasteiger charge is -2.14. The van der Waals surface area contributed by atoms with Gasteiger partial charge in [0.25, 0.3) is 10.0 Å². The van der Waals surface area contributed by atoms with E-state index in [9.17, 15) is 12.8 Å². The summed E-state index contributed by atoms with van der Waals surface area (Å²) in [4.78, 5) is 9.04. The van der Waals surface area contributed by atoms with Crippen molar-refractivity contribution in [3.8, 4) is 0 Å². The maximum Gasteiger partial charge on any atom is 0.263 e. The Labute approximate surface area is 174 Å². The highest BCUT2D eigenvalue weighted by molar-refractivity contribution is 7.92. The van der Waals surface area contributed by atoms with Crippen molar-refractivity contribution < 1.29 is 12.8 Å². The molecule has 0 saturated carbocycles. The molecule has 3 aromatic carbocycles. The summed E-state index contributed by atoms with van der Waals surface area (Å²) < 4.78 is 41.6. The summed E-state index contributed by atoms with van der Waals surface area (Å²) >= 11 is 0. The number of nitrogens with zero attached hydrogens (tertiary/aromatic N) is 2. The Balaban J connectivity index is 1.74. The van der Waals surface area contributed by atoms with Gasteiger partial charge >= 0.3 is 0 Å². The maximum absolute atomic E-state index is 13.2. The lowest BCUT2D eigenvalue weighted by Crippen LogP contribution is -2.17. The Morgan fingerprint density at radius 1 is 0.833 bits per heavy atom. The predicted octanol–water partition coefficient (Wildman–Crippen LogP) is 3.69. The van der Waals surface area contributed by atoms with Crippen LogP contribution in [0, 0.1) is 5.82 Å². The zero-order valence-electron chi connectivity index (χ0n) is 16.0. The van der Waals surface area contributed by atoms with Crippen LogP contribution in [0.2, 0.25) is 6.82 Å². The fourth-order valence-electron chi connectivity index (χ4n) is 2.85. The Hall–Kier alpha value is -3.46. The van der Waals surface area contributed by atoms with Crippen molar-refractivity contribution in [1.82, 2.24) is 9.97 Å². The van der Waals surface area contributed by atoms with Crippen LogP contribution in [-0.2, 0) is 10.0 Å². The summed E-state index contributed by atoms with van der Waals surface area (Å²) in [6, 6.07) is 19.3. The highest BCUT2D eigenvalue weighted by atomic mass is 32.2. The van der Waals surface area contributed by atoms with Crippen molar-refractivity contribution in [3.63, 3.8) is 0 Å². The first-order chi connectivity index (χ1) is 14.4. The average molecular weight is 419 g/mol. The Morgan fingerprint density at radius 3 is 2.03 bits per heavy atom. The van der Waals surface area contributed by atoms with Gasteiger partial charge in [-0.2, -0.15) is 0 Å². The summed E-state index contributed by atoms with van der Waals surface area (Å²) in [6.45, 7) is 1.87. The second-order valence-electron chi connectivity index (χ2n) is 6.50. The molecule has 9 heteroatoms. The molecule has 30 heavy (non-hydrogen) atoms. The number of nitrogens with one attached hydrogen (secondary N) is 2. The minimum Gasteiger partial charge on any atom is -0.337 e. The molecule has 149 valence electrons. The number of halogens is 1. The van der Waals surface area contributed by atoms with E-state index in [1.807, 2.05) is 20.2 Å². The number of hydrogen-bond acceptors (Lipinski definition) is 5. The quantitative estimate of drug-likeness (QED) is 0.466. The highest BCUT2D eigenvalue weighted by Crippen LogP contribution is 2.27. The smallest absolute Gasteiger partial charge is 0.263 e. The minimum atomic E-state index is -3.89. The number of sulfonamides is 1. The number of anilines is 3. The van der Waals surface area contributed by atoms with Crippen LogP contribution < -0.4 is 15.5 Å². The van der Waals surface area contributed by atoms with Crippen molar-refractivity contribution in [2.24, 2.45) is 0 Å². The zero-order valence-corrected chi connectivity index (χ0v) is 16.8.